The van der Waals surface area contributed by atoms with Crippen molar-refractivity contribution in [2.75, 3.05) is 19.6 Å². The number of amides is 1. The Morgan fingerprint density at radius 2 is 2.56 bits per heavy atom. The summed E-state index contributed by atoms with van der Waals surface area (Å²) in [5, 5.41) is 8.35. The van der Waals surface area contributed by atoms with Crippen LogP contribution in [0.4, 0.5) is 0 Å². The van der Waals surface area contributed by atoms with Crippen molar-refractivity contribution in [2.45, 2.75) is 19.8 Å². The highest BCUT2D eigenvalue weighted by Crippen LogP contribution is 2.15. The highest BCUT2D eigenvalue weighted by atomic mass is 32.1. The van der Waals surface area contributed by atoms with E-state index in [9.17, 15) is 4.79 Å². The summed E-state index contributed by atoms with van der Waals surface area (Å²) < 4.78 is 0. The quantitative estimate of drug-likeness (QED) is 0.843. The molecule has 0 radical (unpaired) electrons. The van der Waals surface area contributed by atoms with E-state index in [1.165, 1.54) is 24.2 Å². The monoisotopic (exact) mass is 238 g/mol. The minimum Gasteiger partial charge on any atom is -0.351 e. The summed E-state index contributed by atoms with van der Waals surface area (Å²) >= 11 is 1.52. The minimum atomic E-state index is 0.0815. The zero-order chi connectivity index (χ0) is 11.4. The van der Waals surface area contributed by atoms with Crippen LogP contribution in [0.15, 0.2) is 11.4 Å². The number of nitrogens with one attached hydrogen (secondary N) is 2. The van der Waals surface area contributed by atoms with Crippen LogP contribution in [0.3, 0.4) is 0 Å². The Balaban J connectivity index is 1.81. The lowest BCUT2D eigenvalue weighted by atomic mass is 10.00. The van der Waals surface area contributed by atoms with Crippen molar-refractivity contribution >= 4 is 17.2 Å². The Morgan fingerprint density at radius 3 is 3.19 bits per heavy atom. The SMILES string of the molecule is Cc1ccsc1C(=O)NCC1CCCNC1. The molecule has 16 heavy (non-hydrogen) atoms. The van der Waals surface area contributed by atoms with Crippen molar-refractivity contribution in [3.8, 4) is 0 Å². The number of piperidine rings is 1. The third kappa shape index (κ3) is 2.83. The van der Waals surface area contributed by atoms with Crippen molar-refractivity contribution < 1.29 is 4.79 Å². The zero-order valence-electron chi connectivity index (χ0n) is 9.58. The predicted molar refractivity (Wildman–Crippen MR) is 67.0 cm³/mol. The lowest BCUT2D eigenvalue weighted by molar-refractivity contribution is 0.0948. The molecule has 1 aliphatic heterocycles. The normalized spacial score (nSPS) is 20.7. The van der Waals surface area contributed by atoms with Crippen molar-refractivity contribution in [1.82, 2.24) is 10.6 Å². The maximum Gasteiger partial charge on any atom is 0.261 e. The Bertz CT molecular complexity index is 356. The van der Waals surface area contributed by atoms with Gasteiger partial charge in [0.25, 0.3) is 5.91 Å². The second-order valence-corrected chi connectivity index (χ2v) is 5.27. The smallest absolute Gasteiger partial charge is 0.261 e. The predicted octanol–water partition coefficient (Wildman–Crippen LogP) is 1.79. The molecule has 0 bridgehead atoms. The van der Waals surface area contributed by atoms with Crippen LogP contribution in [0.1, 0.15) is 28.1 Å². The first-order chi connectivity index (χ1) is 7.77. The van der Waals surface area contributed by atoms with E-state index in [1.807, 2.05) is 18.4 Å². The molecule has 0 aliphatic carbocycles. The van der Waals surface area contributed by atoms with Gasteiger partial charge in [0.1, 0.15) is 0 Å². The van der Waals surface area contributed by atoms with Gasteiger partial charge in [-0.25, -0.2) is 0 Å². The van der Waals surface area contributed by atoms with E-state index in [1.54, 1.807) is 0 Å². The fraction of sp³-hybridized carbons (Fsp3) is 0.583. The molecule has 0 spiro atoms. The first-order valence-electron chi connectivity index (χ1n) is 5.80. The Morgan fingerprint density at radius 1 is 1.69 bits per heavy atom. The lowest BCUT2D eigenvalue weighted by Crippen LogP contribution is -2.38. The van der Waals surface area contributed by atoms with Crippen LogP contribution in [-0.2, 0) is 0 Å². The van der Waals surface area contributed by atoms with Gasteiger partial charge in [-0.15, -0.1) is 11.3 Å². The summed E-state index contributed by atoms with van der Waals surface area (Å²) in [5.74, 6) is 0.677. The Labute approximate surface area is 100 Å². The molecule has 1 unspecified atom stereocenters. The van der Waals surface area contributed by atoms with Crippen molar-refractivity contribution in [3.05, 3.63) is 21.9 Å². The second-order valence-electron chi connectivity index (χ2n) is 4.36. The van der Waals surface area contributed by atoms with Gasteiger partial charge < -0.3 is 10.6 Å². The largest absolute Gasteiger partial charge is 0.351 e. The van der Waals surface area contributed by atoms with E-state index >= 15 is 0 Å². The summed E-state index contributed by atoms with van der Waals surface area (Å²) in [4.78, 5) is 12.7. The van der Waals surface area contributed by atoms with Gasteiger partial charge in [-0.2, -0.15) is 0 Å². The highest BCUT2D eigenvalue weighted by Gasteiger charge is 2.15. The topological polar surface area (TPSA) is 41.1 Å². The number of rotatable bonds is 3. The number of hydrogen-bond acceptors (Lipinski definition) is 3. The van der Waals surface area contributed by atoms with Crippen molar-refractivity contribution in [1.29, 1.82) is 0 Å². The molecule has 0 aromatic carbocycles. The number of aryl methyl sites for hydroxylation is 1. The van der Waals surface area contributed by atoms with E-state index in [4.69, 9.17) is 0 Å². The minimum absolute atomic E-state index is 0.0815. The van der Waals surface area contributed by atoms with Crippen LogP contribution < -0.4 is 10.6 Å². The highest BCUT2D eigenvalue weighted by molar-refractivity contribution is 7.12. The van der Waals surface area contributed by atoms with E-state index in [0.29, 0.717) is 5.92 Å². The van der Waals surface area contributed by atoms with Gasteiger partial charge in [0.2, 0.25) is 0 Å². The summed E-state index contributed by atoms with van der Waals surface area (Å²) in [6.45, 7) is 4.93. The molecule has 1 aliphatic rings. The third-order valence-electron chi connectivity index (χ3n) is 3.02. The average molecular weight is 238 g/mol. The van der Waals surface area contributed by atoms with Crippen LogP contribution in [0, 0.1) is 12.8 Å². The van der Waals surface area contributed by atoms with Crippen LogP contribution in [0.5, 0.6) is 0 Å². The van der Waals surface area contributed by atoms with E-state index in [2.05, 4.69) is 10.6 Å². The summed E-state index contributed by atoms with van der Waals surface area (Å²) in [6.07, 6.45) is 2.44. The number of hydrogen-bond donors (Lipinski definition) is 2. The molecule has 1 aromatic rings. The number of thiophene rings is 1. The van der Waals surface area contributed by atoms with Gasteiger partial charge in [0.05, 0.1) is 4.88 Å². The Kier molecular flexibility index (Phi) is 3.96. The number of carbonyl (C=O) groups excluding carboxylic acids is 1. The van der Waals surface area contributed by atoms with Gasteiger partial charge in [-0.05, 0) is 55.8 Å². The molecule has 2 heterocycles. The molecule has 3 nitrogen and oxygen atoms in total. The molecule has 2 N–H and O–H groups in total. The molecule has 2 rings (SSSR count). The van der Waals surface area contributed by atoms with Gasteiger partial charge >= 0.3 is 0 Å². The van der Waals surface area contributed by atoms with E-state index in [-0.39, 0.29) is 5.91 Å². The van der Waals surface area contributed by atoms with E-state index in [0.717, 1.165) is 30.1 Å². The molecule has 1 fully saturated rings. The molecule has 0 saturated carbocycles. The molecule has 1 atom stereocenters. The van der Waals surface area contributed by atoms with Gasteiger partial charge in [0, 0.05) is 6.54 Å². The van der Waals surface area contributed by atoms with Gasteiger partial charge in [-0.3, -0.25) is 4.79 Å². The molecule has 1 saturated heterocycles. The maximum atomic E-state index is 11.8. The van der Waals surface area contributed by atoms with Gasteiger partial charge in [0.15, 0.2) is 0 Å². The fourth-order valence-corrected chi connectivity index (χ4v) is 2.86. The molecule has 88 valence electrons. The molecular weight excluding hydrogens is 220 g/mol. The number of carbonyl (C=O) groups is 1. The summed E-state index contributed by atoms with van der Waals surface area (Å²) in [5.41, 5.74) is 1.07. The zero-order valence-corrected chi connectivity index (χ0v) is 10.4. The van der Waals surface area contributed by atoms with Crippen LogP contribution >= 0.6 is 11.3 Å². The molecular formula is C12H18N2OS. The van der Waals surface area contributed by atoms with Crippen LogP contribution in [0.2, 0.25) is 0 Å². The molecule has 1 aromatic heterocycles. The van der Waals surface area contributed by atoms with Crippen molar-refractivity contribution in [3.63, 3.8) is 0 Å². The molecule has 1 amide bonds. The van der Waals surface area contributed by atoms with Crippen LogP contribution in [0.25, 0.3) is 0 Å². The Hall–Kier alpha value is -0.870. The third-order valence-corrected chi connectivity index (χ3v) is 4.03. The molecule has 4 heteroatoms. The lowest BCUT2D eigenvalue weighted by Gasteiger charge is -2.22. The van der Waals surface area contributed by atoms with Crippen molar-refractivity contribution in [2.24, 2.45) is 5.92 Å². The summed E-state index contributed by atoms with van der Waals surface area (Å²) in [6, 6.07) is 1.99. The first kappa shape index (κ1) is 11.6. The summed E-state index contributed by atoms with van der Waals surface area (Å²) in [7, 11) is 0. The van der Waals surface area contributed by atoms with E-state index < -0.39 is 0 Å². The van der Waals surface area contributed by atoms with Gasteiger partial charge in [-0.1, -0.05) is 0 Å². The average Bonchev–Trinajstić information content (AvgIpc) is 2.74. The second kappa shape index (κ2) is 5.46. The maximum absolute atomic E-state index is 11.8. The first-order valence-corrected chi connectivity index (χ1v) is 6.68. The standard InChI is InChI=1S/C12H18N2OS/c1-9-4-6-16-11(9)12(15)14-8-10-3-2-5-13-7-10/h4,6,10,13H,2-3,5,7-8H2,1H3,(H,14,15). The fourth-order valence-electron chi connectivity index (χ4n) is 2.02. The van der Waals surface area contributed by atoms with Crippen LogP contribution in [-0.4, -0.2) is 25.5 Å².